The molecule has 0 saturated carbocycles. The molecule has 2 atom stereocenters. The maximum Gasteiger partial charge on any atom is 0.278 e. The molecule has 1 aromatic heterocycles. The van der Waals surface area contributed by atoms with Crippen LogP contribution in [-0.2, 0) is 10.4 Å². The second-order valence-electron chi connectivity index (χ2n) is 5.62. The van der Waals surface area contributed by atoms with Gasteiger partial charge in [0.2, 0.25) is 5.91 Å². The fourth-order valence-electron chi connectivity index (χ4n) is 2.36. The largest absolute Gasteiger partial charge is 0.384 e. The summed E-state index contributed by atoms with van der Waals surface area (Å²) in [6.07, 6.45) is 2.05. The van der Waals surface area contributed by atoms with E-state index in [1.54, 1.807) is 18.5 Å². The van der Waals surface area contributed by atoms with E-state index in [1.165, 1.54) is 6.20 Å². The molecule has 1 aromatic rings. The van der Waals surface area contributed by atoms with Gasteiger partial charge in [0.1, 0.15) is 5.60 Å². The Morgan fingerprint density at radius 1 is 1.64 bits per heavy atom. The van der Waals surface area contributed by atoms with Gasteiger partial charge in [-0.2, -0.15) is 0 Å². The minimum Gasteiger partial charge on any atom is -0.384 e. The zero-order valence-corrected chi connectivity index (χ0v) is 13.3. The minimum absolute atomic E-state index is 0.0662. The lowest BCUT2D eigenvalue weighted by atomic mass is 10.1. The predicted molar refractivity (Wildman–Crippen MR) is 80.9 cm³/mol. The number of carbonyl (C=O) groups excluding carboxylic acids is 2. The molecule has 1 aliphatic rings. The first kappa shape index (κ1) is 16.7. The summed E-state index contributed by atoms with van der Waals surface area (Å²) >= 11 is 0.841. The van der Waals surface area contributed by atoms with E-state index in [1.807, 2.05) is 0 Å². The third kappa shape index (κ3) is 3.96. The molecule has 5 N–H and O–H groups in total. The summed E-state index contributed by atoms with van der Waals surface area (Å²) in [4.78, 5) is 22.6. The number of primary amides is 1. The van der Waals surface area contributed by atoms with Crippen molar-refractivity contribution in [3.63, 3.8) is 0 Å². The smallest absolute Gasteiger partial charge is 0.278 e. The molecule has 0 radical (unpaired) electrons. The van der Waals surface area contributed by atoms with Crippen LogP contribution in [0.4, 0.5) is 4.79 Å². The monoisotopic (exact) mass is 328 g/mol. The van der Waals surface area contributed by atoms with E-state index < -0.39 is 10.8 Å². The highest BCUT2D eigenvalue weighted by molar-refractivity contribution is 8.13. The summed E-state index contributed by atoms with van der Waals surface area (Å²) in [6.45, 7) is 3.87. The maximum absolute atomic E-state index is 12.0. The zero-order valence-electron chi connectivity index (χ0n) is 12.4. The van der Waals surface area contributed by atoms with Crippen LogP contribution in [0.25, 0.3) is 0 Å². The van der Waals surface area contributed by atoms with Crippen molar-refractivity contribution in [2.75, 3.05) is 12.4 Å². The van der Waals surface area contributed by atoms with Crippen LogP contribution >= 0.6 is 11.8 Å². The number of carbonyl (C=O) groups is 2. The number of hydrogen-bond donors (Lipinski definition) is 4. The van der Waals surface area contributed by atoms with Crippen LogP contribution in [0.5, 0.6) is 0 Å². The van der Waals surface area contributed by atoms with Gasteiger partial charge >= 0.3 is 0 Å². The summed E-state index contributed by atoms with van der Waals surface area (Å²) in [5, 5.41) is 23.2. The lowest BCUT2D eigenvalue weighted by Gasteiger charge is -2.21. The van der Waals surface area contributed by atoms with Crippen molar-refractivity contribution >= 4 is 22.9 Å². The molecule has 1 aliphatic heterocycles. The zero-order chi connectivity index (χ0) is 16.3. The number of amides is 2. The van der Waals surface area contributed by atoms with Gasteiger partial charge in [-0.25, -0.2) is 4.68 Å². The van der Waals surface area contributed by atoms with Gasteiger partial charge in [-0.15, -0.1) is 5.10 Å². The maximum atomic E-state index is 12.0. The Morgan fingerprint density at radius 3 is 3.00 bits per heavy atom. The Bertz CT molecular complexity index is 555. The molecule has 0 bridgehead atoms. The van der Waals surface area contributed by atoms with Gasteiger partial charge in [-0.3, -0.25) is 9.59 Å². The Morgan fingerprint density at radius 2 is 2.36 bits per heavy atom. The van der Waals surface area contributed by atoms with Gasteiger partial charge in [-0.05, 0) is 32.0 Å². The van der Waals surface area contributed by atoms with E-state index in [0.717, 1.165) is 11.8 Å². The number of nitrogens with two attached hydrogens (primary N) is 1. The first-order valence-corrected chi connectivity index (χ1v) is 7.84. The van der Waals surface area contributed by atoms with Gasteiger partial charge < -0.3 is 21.5 Å². The lowest BCUT2D eigenvalue weighted by Crippen LogP contribution is -2.40. The number of nitrogens with one attached hydrogen (secondary N) is 2. The van der Waals surface area contributed by atoms with Gasteiger partial charge in [0.05, 0.1) is 29.9 Å². The van der Waals surface area contributed by atoms with E-state index >= 15 is 0 Å². The standard InChI is InChI=1S/C12H20N6O3S/c1-12(2,21)9-5-16-17-18(9)7-3-8(14-4-7)10(19)15-6-22-11(13)20/h5,7-8,14,21H,3-4,6H2,1-2H3,(H2,13,20)(H,15,19)/t7-,8-/m0/s1. The molecule has 0 spiro atoms. The highest BCUT2D eigenvalue weighted by Crippen LogP contribution is 2.26. The second-order valence-corrected chi connectivity index (χ2v) is 6.60. The topological polar surface area (TPSA) is 135 Å². The molecule has 122 valence electrons. The van der Waals surface area contributed by atoms with Crippen LogP contribution in [0.1, 0.15) is 32.0 Å². The molecule has 0 unspecified atom stereocenters. The average Bonchev–Trinajstić information content (AvgIpc) is 3.06. The fraction of sp³-hybridized carbons (Fsp3) is 0.667. The van der Waals surface area contributed by atoms with Gasteiger partial charge in [0.25, 0.3) is 5.24 Å². The van der Waals surface area contributed by atoms with Crippen LogP contribution in [-0.4, -0.2) is 49.7 Å². The number of hydrogen-bond acceptors (Lipinski definition) is 7. The number of aliphatic hydroxyl groups is 1. The number of nitrogens with zero attached hydrogens (tertiary/aromatic N) is 3. The van der Waals surface area contributed by atoms with E-state index in [0.29, 0.717) is 18.7 Å². The second kappa shape index (κ2) is 6.63. The van der Waals surface area contributed by atoms with Crippen molar-refractivity contribution in [2.45, 2.75) is 38.0 Å². The molecule has 1 saturated heterocycles. The summed E-state index contributed by atoms with van der Waals surface area (Å²) in [6, 6.07) is -0.444. The molecular weight excluding hydrogens is 308 g/mol. The first-order valence-electron chi connectivity index (χ1n) is 6.85. The van der Waals surface area contributed by atoms with Crippen molar-refractivity contribution in [3.8, 4) is 0 Å². The quantitative estimate of drug-likeness (QED) is 0.525. The molecule has 10 heteroatoms. The molecular formula is C12H20N6O3S. The van der Waals surface area contributed by atoms with Crippen LogP contribution < -0.4 is 16.4 Å². The lowest BCUT2D eigenvalue weighted by molar-refractivity contribution is -0.122. The van der Waals surface area contributed by atoms with Crippen LogP contribution in [0.2, 0.25) is 0 Å². The highest BCUT2D eigenvalue weighted by Gasteiger charge is 2.34. The molecule has 0 aromatic carbocycles. The van der Waals surface area contributed by atoms with Gasteiger partial charge in [-0.1, -0.05) is 5.21 Å². The molecule has 2 amide bonds. The highest BCUT2D eigenvalue weighted by atomic mass is 32.2. The van der Waals surface area contributed by atoms with Crippen molar-refractivity contribution in [1.82, 2.24) is 25.6 Å². The van der Waals surface area contributed by atoms with Crippen molar-refractivity contribution in [1.29, 1.82) is 0 Å². The molecule has 2 heterocycles. The van der Waals surface area contributed by atoms with Crippen molar-refractivity contribution in [3.05, 3.63) is 11.9 Å². The third-order valence-corrected chi connectivity index (χ3v) is 4.01. The number of thioether (sulfide) groups is 1. The third-order valence-electron chi connectivity index (χ3n) is 3.43. The van der Waals surface area contributed by atoms with Crippen LogP contribution in [0, 0.1) is 0 Å². The summed E-state index contributed by atoms with van der Waals surface area (Å²) < 4.78 is 1.65. The predicted octanol–water partition coefficient (Wildman–Crippen LogP) is -0.706. The number of rotatable bonds is 5. The van der Waals surface area contributed by atoms with Crippen molar-refractivity contribution in [2.24, 2.45) is 5.73 Å². The summed E-state index contributed by atoms with van der Waals surface area (Å²) in [5.41, 5.74) is 4.54. The van der Waals surface area contributed by atoms with Crippen LogP contribution in [0.15, 0.2) is 6.20 Å². The Balaban J connectivity index is 1.94. The van der Waals surface area contributed by atoms with E-state index in [2.05, 4.69) is 20.9 Å². The van der Waals surface area contributed by atoms with Crippen molar-refractivity contribution < 1.29 is 14.7 Å². The molecule has 1 fully saturated rings. The molecule has 2 rings (SSSR count). The molecule has 22 heavy (non-hydrogen) atoms. The first-order chi connectivity index (χ1) is 10.3. The molecule has 9 nitrogen and oxygen atoms in total. The van der Waals surface area contributed by atoms with E-state index in [9.17, 15) is 14.7 Å². The van der Waals surface area contributed by atoms with E-state index in [4.69, 9.17) is 5.73 Å². The Kier molecular flexibility index (Phi) is 5.04. The van der Waals surface area contributed by atoms with Gasteiger partial charge in [0, 0.05) is 6.54 Å². The Labute approximate surface area is 132 Å². The minimum atomic E-state index is -1.05. The van der Waals surface area contributed by atoms with Gasteiger partial charge in [0.15, 0.2) is 0 Å². The average molecular weight is 328 g/mol. The normalized spacial score (nSPS) is 21.8. The summed E-state index contributed by atoms with van der Waals surface area (Å²) in [7, 11) is 0. The Hall–Kier alpha value is -1.65. The summed E-state index contributed by atoms with van der Waals surface area (Å²) in [5.74, 6) is -0.0453. The fourth-order valence-corrected chi connectivity index (χ4v) is 2.71. The van der Waals surface area contributed by atoms with E-state index in [-0.39, 0.29) is 23.9 Å². The molecule has 0 aliphatic carbocycles. The van der Waals surface area contributed by atoms with Crippen LogP contribution in [0.3, 0.4) is 0 Å². The number of aromatic nitrogens is 3. The SMILES string of the molecule is CC(C)(O)c1cnnn1[C@@H]1CN[C@H](C(=O)NCSC(N)=O)C1.